The van der Waals surface area contributed by atoms with Gasteiger partial charge in [-0.2, -0.15) is 0 Å². The quantitative estimate of drug-likeness (QED) is 0.792. The van der Waals surface area contributed by atoms with Crippen molar-refractivity contribution in [2.45, 2.75) is 30.3 Å². The Hall–Kier alpha value is -0.290. The van der Waals surface area contributed by atoms with E-state index in [0.717, 1.165) is 0 Å². The Balaban J connectivity index is 1.77. The van der Waals surface area contributed by atoms with Crippen molar-refractivity contribution in [1.82, 2.24) is 5.32 Å². The zero-order valence-corrected chi connectivity index (χ0v) is 13.9. The molecule has 0 radical (unpaired) electrons. The molecule has 1 nitrogen and oxygen atoms in total. The van der Waals surface area contributed by atoms with Gasteiger partial charge < -0.3 is 5.32 Å². The van der Waals surface area contributed by atoms with E-state index in [1.165, 1.54) is 32.0 Å². The van der Waals surface area contributed by atoms with Crippen LogP contribution in [0.4, 0.5) is 0 Å². The van der Waals surface area contributed by atoms with Crippen LogP contribution >= 0.6 is 39.0 Å². The van der Waals surface area contributed by atoms with Crippen LogP contribution in [0.5, 0.6) is 0 Å². The average molecular weight is 354 g/mol. The summed E-state index contributed by atoms with van der Waals surface area (Å²) in [7, 11) is 0. The highest BCUT2D eigenvalue weighted by Gasteiger charge is 2.22. The summed E-state index contributed by atoms with van der Waals surface area (Å²) >= 11 is 7.32. The van der Waals surface area contributed by atoms with Crippen molar-refractivity contribution in [3.8, 4) is 0 Å². The lowest BCUT2D eigenvalue weighted by Crippen LogP contribution is -2.26. The number of halogens is 1. The van der Waals surface area contributed by atoms with E-state index >= 15 is 0 Å². The molecule has 1 aromatic heterocycles. The van der Waals surface area contributed by atoms with Gasteiger partial charge in [-0.3, -0.25) is 0 Å². The molecule has 0 saturated heterocycles. The van der Waals surface area contributed by atoms with E-state index in [-0.39, 0.29) is 0 Å². The number of hydrogen-bond donors (Lipinski definition) is 1. The SMILES string of the molecule is CC(NC1CCSc2ccccc21)c1cc(Br)cs1. The van der Waals surface area contributed by atoms with Crippen molar-refractivity contribution >= 4 is 39.0 Å². The molecule has 1 N–H and O–H groups in total. The van der Waals surface area contributed by atoms with E-state index in [1.54, 1.807) is 0 Å². The lowest BCUT2D eigenvalue weighted by Gasteiger charge is -2.28. The van der Waals surface area contributed by atoms with E-state index in [9.17, 15) is 0 Å². The lowest BCUT2D eigenvalue weighted by atomic mass is 10.0. The normalized spacial score (nSPS) is 20.0. The summed E-state index contributed by atoms with van der Waals surface area (Å²) < 4.78 is 1.18. The predicted octanol–water partition coefficient (Wildman–Crippen LogP) is 5.40. The van der Waals surface area contributed by atoms with Crippen molar-refractivity contribution in [2.75, 3.05) is 5.75 Å². The molecule has 0 spiro atoms. The van der Waals surface area contributed by atoms with Gasteiger partial charge in [-0.1, -0.05) is 18.2 Å². The first kappa shape index (κ1) is 13.7. The van der Waals surface area contributed by atoms with E-state index in [0.29, 0.717) is 12.1 Å². The molecule has 0 fully saturated rings. The smallest absolute Gasteiger partial charge is 0.0391 e. The molecule has 2 heterocycles. The summed E-state index contributed by atoms with van der Waals surface area (Å²) in [6.45, 7) is 2.25. The van der Waals surface area contributed by atoms with Crippen molar-refractivity contribution < 1.29 is 0 Å². The molecule has 1 aliphatic heterocycles. The van der Waals surface area contributed by atoms with Gasteiger partial charge in [-0.25, -0.2) is 0 Å². The van der Waals surface area contributed by atoms with Gasteiger partial charge in [0.1, 0.15) is 0 Å². The molecule has 3 rings (SSSR count). The van der Waals surface area contributed by atoms with Crippen LogP contribution in [0, 0.1) is 0 Å². The van der Waals surface area contributed by atoms with E-state index in [1.807, 2.05) is 23.1 Å². The van der Waals surface area contributed by atoms with Gasteiger partial charge in [0.05, 0.1) is 0 Å². The molecule has 100 valence electrons. The van der Waals surface area contributed by atoms with Crippen LogP contribution < -0.4 is 5.32 Å². The van der Waals surface area contributed by atoms with Crippen molar-refractivity contribution in [3.63, 3.8) is 0 Å². The zero-order chi connectivity index (χ0) is 13.2. The van der Waals surface area contributed by atoms with Crippen LogP contribution in [-0.4, -0.2) is 5.75 Å². The zero-order valence-electron chi connectivity index (χ0n) is 10.7. The topological polar surface area (TPSA) is 12.0 Å². The minimum Gasteiger partial charge on any atom is -0.303 e. The Bertz CT molecular complexity index is 567. The molecule has 1 aliphatic rings. The molecular weight excluding hydrogens is 338 g/mol. The first-order valence-electron chi connectivity index (χ1n) is 6.46. The highest BCUT2D eigenvalue weighted by Crippen LogP contribution is 2.37. The third-order valence-electron chi connectivity index (χ3n) is 3.42. The molecular formula is C15H16BrNS2. The second-order valence-corrected chi connectivity index (χ2v) is 7.78. The maximum absolute atomic E-state index is 3.78. The Morgan fingerprint density at radius 3 is 3.00 bits per heavy atom. The summed E-state index contributed by atoms with van der Waals surface area (Å²) in [5, 5.41) is 5.93. The molecule has 1 aromatic carbocycles. The fourth-order valence-corrected chi connectivity index (χ4v) is 5.04. The number of fused-ring (bicyclic) bond motifs is 1. The predicted molar refractivity (Wildman–Crippen MR) is 88.1 cm³/mol. The fraction of sp³-hybridized carbons (Fsp3) is 0.333. The minimum absolute atomic E-state index is 0.400. The Morgan fingerprint density at radius 2 is 2.21 bits per heavy atom. The van der Waals surface area contributed by atoms with E-state index in [4.69, 9.17) is 0 Å². The largest absolute Gasteiger partial charge is 0.303 e. The molecule has 4 heteroatoms. The highest BCUT2D eigenvalue weighted by molar-refractivity contribution is 9.10. The Morgan fingerprint density at radius 1 is 1.37 bits per heavy atom. The Labute approximate surface area is 130 Å². The first-order chi connectivity index (χ1) is 9.24. The van der Waals surface area contributed by atoms with Crippen LogP contribution in [-0.2, 0) is 0 Å². The number of benzene rings is 1. The number of hydrogen-bond acceptors (Lipinski definition) is 3. The Kier molecular flexibility index (Phi) is 4.32. The van der Waals surface area contributed by atoms with Gasteiger partial charge >= 0.3 is 0 Å². The summed E-state index contributed by atoms with van der Waals surface area (Å²) in [6.07, 6.45) is 1.21. The summed E-state index contributed by atoms with van der Waals surface area (Å²) in [5.74, 6) is 1.20. The maximum atomic E-state index is 3.78. The minimum atomic E-state index is 0.400. The van der Waals surface area contributed by atoms with Crippen LogP contribution in [0.1, 0.15) is 35.9 Å². The molecule has 2 aromatic rings. The third kappa shape index (κ3) is 3.07. The van der Waals surface area contributed by atoms with E-state index in [2.05, 4.69) is 63.9 Å². The summed E-state index contributed by atoms with van der Waals surface area (Å²) in [5.41, 5.74) is 1.46. The second-order valence-electron chi connectivity index (χ2n) is 4.78. The van der Waals surface area contributed by atoms with Gasteiger partial charge in [0.25, 0.3) is 0 Å². The number of nitrogens with one attached hydrogen (secondary N) is 1. The summed E-state index contributed by atoms with van der Waals surface area (Å²) in [6, 6.07) is 11.9. The maximum Gasteiger partial charge on any atom is 0.0391 e. The number of rotatable bonds is 3. The van der Waals surface area contributed by atoms with Crippen LogP contribution in [0.15, 0.2) is 45.1 Å². The van der Waals surface area contributed by atoms with Gasteiger partial charge in [0.2, 0.25) is 0 Å². The van der Waals surface area contributed by atoms with Crippen molar-refractivity contribution in [2.24, 2.45) is 0 Å². The van der Waals surface area contributed by atoms with Crippen LogP contribution in [0.25, 0.3) is 0 Å². The molecule has 0 bridgehead atoms. The van der Waals surface area contributed by atoms with Gasteiger partial charge in [0.15, 0.2) is 0 Å². The fourth-order valence-electron chi connectivity index (χ4n) is 2.45. The van der Waals surface area contributed by atoms with Crippen LogP contribution in [0.2, 0.25) is 0 Å². The molecule has 2 unspecified atom stereocenters. The van der Waals surface area contributed by atoms with Crippen molar-refractivity contribution in [1.29, 1.82) is 0 Å². The van der Waals surface area contributed by atoms with Gasteiger partial charge in [0, 0.05) is 31.7 Å². The van der Waals surface area contributed by atoms with Crippen molar-refractivity contribution in [3.05, 3.63) is 50.6 Å². The third-order valence-corrected chi connectivity index (χ3v) is 6.42. The number of thioether (sulfide) groups is 1. The summed E-state index contributed by atoms with van der Waals surface area (Å²) in [4.78, 5) is 2.83. The lowest BCUT2D eigenvalue weighted by molar-refractivity contribution is 0.454. The molecule has 2 atom stereocenters. The first-order valence-corrected chi connectivity index (χ1v) is 9.11. The highest BCUT2D eigenvalue weighted by atomic mass is 79.9. The molecule has 19 heavy (non-hydrogen) atoms. The second kappa shape index (κ2) is 6.00. The van der Waals surface area contributed by atoms with Crippen LogP contribution in [0.3, 0.4) is 0 Å². The van der Waals surface area contributed by atoms with Gasteiger partial charge in [-0.05, 0) is 52.7 Å². The molecule has 0 amide bonds. The standard InChI is InChI=1S/C15H16BrNS2/c1-10(15-8-11(16)9-19-15)17-13-6-7-18-14-5-3-2-4-12(13)14/h2-5,8-10,13,17H,6-7H2,1H3. The average Bonchev–Trinajstić information content (AvgIpc) is 2.86. The van der Waals surface area contributed by atoms with Gasteiger partial charge in [-0.15, -0.1) is 23.1 Å². The number of thiophene rings is 1. The van der Waals surface area contributed by atoms with E-state index < -0.39 is 0 Å². The molecule has 0 saturated carbocycles. The molecule has 0 aliphatic carbocycles. The monoisotopic (exact) mass is 353 g/mol.